The zero-order valence-corrected chi connectivity index (χ0v) is 16.6. The second-order valence-corrected chi connectivity index (χ2v) is 7.21. The highest BCUT2D eigenvalue weighted by molar-refractivity contribution is 5.92. The van der Waals surface area contributed by atoms with Crippen LogP contribution in [0, 0.1) is 5.82 Å². The molecule has 0 radical (unpaired) electrons. The van der Waals surface area contributed by atoms with Gasteiger partial charge in [0.25, 0.3) is 0 Å². The van der Waals surface area contributed by atoms with E-state index in [-0.39, 0.29) is 11.7 Å². The summed E-state index contributed by atoms with van der Waals surface area (Å²) in [6, 6.07) is 23.7. The van der Waals surface area contributed by atoms with Gasteiger partial charge in [0.05, 0.1) is 12.2 Å². The standard InChI is InChI=1S/C24H24FN3O2/c25-22-11-4-5-12-23(22)28-15-13-27(14-16-28)18-24(29)26-19-7-6-10-21(17-19)30-20-8-2-1-3-9-20/h1-12,17H,13-16,18H2,(H,26,29). The lowest BCUT2D eigenvalue weighted by molar-refractivity contribution is -0.117. The Hall–Kier alpha value is -3.38. The molecule has 0 aliphatic carbocycles. The Morgan fingerprint density at radius 3 is 2.33 bits per heavy atom. The molecule has 0 unspecified atom stereocenters. The van der Waals surface area contributed by atoms with Crippen LogP contribution in [0.4, 0.5) is 15.8 Å². The first kappa shape index (κ1) is 19.9. The van der Waals surface area contributed by atoms with Crippen LogP contribution in [0.3, 0.4) is 0 Å². The van der Waals surface area contributed by atoms with E-state index in [1.807, 2.05) is 59.5 Å². The van der Waals surface area contributed by atoms with Crippen molar-refractivity contribution in [2.45, 2.75) is 0 Å². The fourth-order valence-corrected chi connectivity index (χ4v) is 3.52. The molecule has 0 bridgehead atoms. The Bertz CT molecular complexity index is 989. The second-order valence-electron chi connectivity index (χ2n) is 7.21. The van der Waals surface area contributed by atoms with Crippen LogP contribution < -0.4 is 15.0 Å². The third-order valence-corrected chi connectivity index (χ3v) is 5.03. The number of anilines is 2. The van der Waals surface area contributed by atoms with Crippen LogP contribution >= 0.6 is 0 Å². The van der Waals surface area contributed by atoms with Crippen molar-refractivity contribution < 1.29 is 13.9 Å². The molecule has 30 heavy (non-hydrogen) atoms. The van der Waals surface area contributed by atoms with E-state index in [9.17, 15) is 9.18 Å². The van der Waals surface area contributed by atoms with Gasteiger partial charge in [-0.15, -0.1) is 0 Å². The molecule has 0 saturated carbocycles. The van der Waals surface area contributed by atoms with Gasteiger partial charge in [-0.1, -0.05) is 36.4 Å². The van der Waals surface area contributed by atoms with Gasteiger partial charge in [0.2, 0.25) is 5.91 Å². The van der Waals surface area contributed by atoms with Crippen molar-refractivity contribution >= 4 is 17.3 Å². The number of hydrogen-bond acceptors (Lipinski definition) is 4. The summed E-state index contributed by atoms with van der Waals surface area (Å²) in [4.78, 5) is 16.6. The zero-order valence-electron chi connectivity index (χ0n) is 16.6. The smallest absolute Gasteiger partial charge is 0.238 e. The van der Waals surface area contributed by atoms with Gasteiger partial charge in [-0.25, -0.2) is 4.39 Å². The highest BCUT2D eigenvalue weighted by Crippen LogP contribution is 2.24. The first-order chi connectivity index (χ1) is 14.7. The quantitative estimate of drug-likeness (QED) is 0.661. The Morgan fingerprint density at radius 2 is 1.57 bits per heavy atom. The third-order valence-electron chi connectivity index (χ3n) is 5.03. The Morgan fingerprint density at radius 1 is 0.867 bits per heavy atom. The number of carbonyl (C=O) groups excluding carboxylic acids is 1. The molecule has 1 fully saturated rings. The number of amides is 1. The van der Waals surface area contributed by atoms with Crippen molar-refractivity contribution in [3.05, 3.63) is 84.7 Å². The molecule has 4 rings (SSSR count). The molecule has 0 atom stereocenters. The van der Waals surface area contributed by atoms with Crippen molar-refractivity contribution in [3.8, 4) is 11.5 Å². The lowest BCUT2D eigenvalue weighted by Gasteiger charge is -2.35. The van der Waals surface area contributed by atoms with Crippen molar-refractivity contribution in [2.24, 2.45) is 0 Å². The molecule has 1 heterocycles. The number of para-hydroxylation sites is 2. The summed E-state index contributed by atoms with van der Waals surface area (Å²) in [6.07, 6.45) is 0. The highest BCUT2D eigenvalue weighted by Gasteiger charge is 2.20. The molecule has 5 nitrogen and oxygen atoms in total. The molecule has 1 N–H and O–H groups in total. The van der Waals surface area contributed by atoms with E-state index in [1.54, 1.807) is 18.2 Å². The fourth-order valence-electron chi connectivity index (χ4n) is 3.52. The summed E-state index contributed by atoms with van der Waals surface area (Å²) >= 11 is 0. The van der Waals surface area contributed by atoms with E-state index in [0.717, 1.165) is 5.75 Å². The summed E-state index contributed by atoms with van der Waals surface area (Å²) in [5, 5.41) is 2.93. The van der Waals surface area contributed by atoms with Crippen LogP contribution in [0.15, 0.2) is 78.9 Å². The number of halogens is 1. The molecule has 3 aromatic rings. The third kappa shape index (κ3) is 5.15. The van der Waals surface area contributed by atoms with Gasteiger partial charge in [0.1, 0.15) is 17.3 Å². The van der Waals surface area contributed by atoms with Crippen molar-refractivity contribution in [2.75, 3.05) is 42.9 Å². The van der Waals surface area contributed by atoms with Crippen LogP contribution in [-0.4, -0.2) is 43.5 Å². The molecule has 1 aliphatic rings. The van der Waals surface area contributed by atoms with E-state index in [2.05, 4.69) is 10.2 Å². The molecular weight excluding hydrogens is 381 g/mol. The summed E-state index contributed by atoms with van der Waals surface area (Å²) < 4.78 is 19.8. The number of nitrogens with one attached hydrogen (secondary N) is 1. The summed E-state index contributed by atoms with van der Waals surface area (Å²) in [5.74, 6) is 1.12. The maximum atomic E-state index is 14.0. The molecule has 154 valence electrons. The molecular formula is C24H24FN3O2. The van der Waals surface area contributed by atoms with E-state index >= 15 is 0 Å². The van der Waals surface area contributed by atoms with Crippen molar-refractivity contribution in [1.29, 1.82) is 0 Å². The number of hydrogen-bond donors (Lipinski definition) is 1. The van der Waals surface area contributed by atoms with Gasteiger partial charge in [0, 0.05) is 37.9 Å². The zero-order chi connectivity index (χ0) is 20.8. The van der Waals surface area contributed by atoms with Crippen molar-refractivity contribution in [1.82, 2.24) is 4.90 Å². The fraction of sp³-hybridized carbons (Fsp3) is 0.208. The molecule has 1 amide bonds. The summed E-state index contributed by atoms with van der Waals surface area (Å²) in [5.41, 5.74) is 1.32. The van der Waals surface area contributed by atoms with Crippen LogP contribution in [0.25, 0.3) is 0 Å². The van der Waals surface area contributed by atoms with Crippen LogP contribution in [0.5, 0.6) is 11.5 Å². The average molecular weight is 405 g/mol. The highest BCUT2D eigenvalue weighted by atomic mass is 19.1. The number of rotatable bonds is 6. The normalized spacial score (nSPS) is 14.4. The van der Waals surface area contributed by atoms with E-state index in [4.69, 9.17) is 4.74 Å². The number of piperazine rings is 1. The minimum Gasteiger partial charge on any atom is -0.457 e. The predicted molar refractivity (Wildman–Crippen MR) is 117 cm³/mol. The van der Waals surface area contributed by atoms with Crippen LogP contribution in [-0.2, 0) is 4.79 Å². The van der Waals surface area contributed by atoms with Crippen molar-refractivity contribution in [3.63, 3.8) is 0 Å². The predicted octanol–water partition coefficient (Wildman–Crippen LogP) is 4.38. The molecule has 3 aromatic carbocycles. The topological polar surface area (TPSA) is 44.8 Å². The minimum atomic E-state index is -0.207. The number of carbonyl (C=O) groups is 1. The van der Waals surface area contributed by atoms with Gasteiger partial charge in [-0.2, -0.15) is 0 Å². The maximum Gasteiger partial charge on any atom is 0.238 e. The van der Waals surface area contributed by atoms with E-state index in [0.29, 0.717) is 49.8 Å². The summed E-state index contributed by atoms with van der Waals surface area (Å²) in [7, 11) is 0. The Balaban J connectivity index is 1.28. The van der Waals surface area contributed by atoms with Crippen LogP contribution in [0.2, 0.25) is 0 Å². The molecule has 0 spiro atoms. The number of ether oxygens (including phenoxy) is 1. The largest absolute Gasteiger partial charge is 0.457 e. The first-order valence-corrected chi connectivity index (χ1v) is 10.0. The molecule has 1 aliphatic heterocycles. The van der Waals surface area contributed by atoms with Gasteiger partial charge in [-0.05, 0) is 36.4 Å². The lowest BCUT2D eigenvalue weighted by Crippen LogP contribution is -2.48. The second kappa shape index (κ2) is 9.41. The van der Waals surface area contributed by atoms with Gasteiger partial charge < -0.3 is 15.0 Å². The lowest BCUT2D eigenvalue weighted by atomic mass is 10.2. The Labute approximate surface area is 175 Å². The Kier molecular flexibility index (Phi) is 6.25. The maximum absolute atomic E-state index is 14.0. The van der Waals surface area contributed by atoms with E-state index in [1.165, 1.54) is 6.07 Å². The monoisotopic (exact) mass is 405 g/mol. The SMILES string of the molecule is O=C(CN1CCN(c2ccccc2F)CC1)Nc1cccc(Oc2ccccc2)c1. The molecule has 0 aromatic heterocycles. The first-order valence-electron chi connectivity index (χ1n) is 10.0. The molecule has 1 saturated heterocycles. The number of nitrogens with zero attached hydrogens (tertiary/aromatic N) is 2. The van der Waals surface area contributed by atoms with Gasteiger partial charge >= 0.3 is 0 Å². The van der Waals surface area contributed by atoms with E-state index < -0.39 is 0 Å². The number of benzene rings is 3. The van der Waals surface area contributed by atoms with Gasteiger partial charge in [-0.3, -0.25) is 9.69 Å². The summed E-state index contributed by atoms with van der Waals surface area (Å²) in [6.45, 7) is 3.09. The molecule has 6 heteroatoms. The minimum absolute atomic E-state index is 0.0776. The average Bonchev–Trinajstić information content (AvgIpc) is 2.76. The van der Waals surface area contributed by atoms with Gasteiger partial charge in [0.15, 0.2) is 0 Å². The van der Waals surface area contributed by atoms with Crippen LogP contribution in [0.1, 0.15) is 0 Å².